The summed E-state index contributed by atoms with van der Waals surface area (Å²) in [6, 6.07) is 5.12. The zero-order chi connectivity index (χ0) is 12.4. The van der Waals surface area contributed by atoms with Crippen LogP contribution in [0.2, 0.25) is 0 Å². The minimum atomic E-state index is -0.374. The molecule has 5 nitrogen and oxygen atoms in total. The maximum absolute atomic E-state index is 10.8. The van der Waals surface area contributed by atoms with Gasteiger partial charge < -0.3 is 0 Å². The van der Waals surface area contributed by atoms with Crippen LogP contribution in [0, 0.1) is 17.0 Å². The molecule has 0 N–H and O–H groups in total. The monoisotopic (exact) mass is 249 g/mol. The second-order valence-electron chi connectivity index (χ2n) is 3.63. The maximum atomic E-state index is 10.8. The Labute approximate surface area is 102 Å². The van der Waals surface area contributed by atoms with Gasteiger partial charge in [-0.1, -0.05) is 19.1 Å². The Kier molecular flexibility index (Phi) is 3.14. The van der Waals surface area contributed by atoms with Crippen LogP contribution in [0.25, 0.3) is 10.6 Å². The summed E-state index contributed by atoms with van der Waals surface area (Å²) in [5.74, 6) is 0.772. The molecule has 1 heterocycles. The highest BCUT2D eigenvalue weighted by Crippen LogP contribution is 2.27. The maximum Gasteiger partial charge on any atom is 0.273 e. The van der Waals surface area contributed by atoms with Gasteiger partial charge in [0.2, 0.25) is 0 Å². The highest BCUT2D eigenvalue weighted by Gasteiger charge is 2.13. The van der Waals surface area contributed by atoms with Crippen LogP contribution in [0.5, 0.6) is 0 Å². The lowest BCUT2D eigenvalue weighted by molar-refractivity contribution is -0.385. The van der Waals surface area contributed by atoms with Crippen LogP contribution < -0.4 is 0 Å². The highest BCUT2D eigenvalue weighted by molar-refractivity contribution is 7.09. The standard InChI is InChI=1S/C11H11N3O2S/c1-3-10-12-11(17-13-10)8-5-4-7(2)9(6-8)14(15)16/h4-6H,3H2,1-2H3. The van der Waals surface area contributed by atoms with Gasteiger partial charge in [0.25, 0.3) is 5.69 Å². The first-order valence-electron chi connectivity index (χ1n) is 5.19. The van der Waals surface area contributed by atoms with Crippen molar-refractivity contribution in [3.63, 3.8) is 0 Å². The number of benzene rings is 1. The molecule has 0 unspecified atom stereocenters. The molecule has 6 heteroatoms. The minimum absolute atomic E-state index is 0.121. The fraction of sp³-hybridized carbons (Fsp3) is 0.273. The molecule has 0 amide bonds. The van der Waals surface area contributed by atoms with Crippen LogP contribution in [0.3, 0.4) is 0 Å². The first-order valence-corrected chi connectivity index (χ1v) is 5.97. The van der Waals surface area contributed by atoms with Crippen molar-refractivity contribution in [2.24, 2.45) is 0 Å². The molecule has 0 saturated heterocycles. The largest absolute Gasteiger partial charge is 0.273 e. The van der Waals surface area contributed by atoms with E-state index >= 15 is 0 Å². The Morgan fingerprint density at radius 2 is 2.24 bits per heavy atom. The van der Waals surface area contributed by atoms with E-state index in [1.807, 2.05) is 13.0 Å². The van der Waals surface area contributed by atoms with Gasteiger partial charge in [0, 0.05) is 23.6 Å². The van der Waals surface area contributed by atoms with Crippen LogP contribution in [-0.4, -0.2) is 14.3 Å². The number of rotatable bonds is 3. The summed E-state index contributed by atoms with van der Waals surface area (Å²) < 4.78 is 4.17. The summed E-state index contributed by atoms with van der Waals surface area (Å²) in [5, 5.41) is 11.6. The number of hydrogen-bond donors (Lipinski definition) is 0. The summed E-state index contributed by atoms with van der Waals surface area (Å²) in [6.07, 6.45) is 0.768. The van der Waals surface area contributed by atoms with E-state index in [2.05, 4.69) is 9.36 Å². The SMILES string of the molecule is CCc1nsc(-c2ccc(C)c([N+](=O)[O-])c2)n1. The van der Waals surface area contributed by atoms with Crippen molar-refractivity contribution in [2.45, 2.75) is 20.3 Å². The van der Waals surface area contributed by atoms with Gasteiger partial charge in [-0.05, 0) is 18.5 Å². The second-order valence-corrected chi connectivity index (χ2v) is 4.38. The third-order valence-corrected chi connectivity index (χ3v) is 3.24. The van der Waals surface area contributed by atoms with Gasteiger partial charge >= 0.3 is 0 Å². The van der Waals surface area contributed by atoms with Crippen molar-refractivity contribution in [1.82, 2.24) is 9.36 Å². The Morgan fingerprint density at radius 1 is 1.47 bits per heavy atom. The van der Waals surface area contributed by atoms with E-state index in [9.17, 15) is 10.1 Å². The molecule has 17 heavy (non-hydrogen) atoms. The van der Waals surface area contributed by atoms with E-state index in [1.54, 1.807) is 19.1 Å². The summed E-state index contributed by atoms with van der Waals surface area (Å²) in [5.41, 5.74) is 1.52. The number of nitro groups is 1. The molecule has 1 aromatic carbocycles. The van der Waals surface area contributed by atoms with E-state index in [0.717, 1.165) is 22.8 Å². The van der Waals surface area contributed by atoms with Crippen LogP contribution in [0.1, 0.15) is 18.3 Å². The molecule has 0 fully saturated rings. The number of aryl methyl sites for hydroxylation is 2. The number of hydrogen-bond acceptors (Lipinski definition) is 5. The highest BCUT2D eigenvalue weighted by atomic mass is 32.1. The van der Waals surface area contributed by atoms with Crippen molar-refractivity contribution in [3.05, 3.63) is 39.7 Å². The summed E-state index contributed by atoms with van der Waals surface area (Å²) in [6.45, 7) is 3.70. The fourth-order valence-corrected chi connectivity index (χ4v) is 2.19. The molecule has 0 aliphatic carbocycles. The lowest BCUT2D eigenvalue weighted by Crippen LogP contribution is -1.92. The van der Waals surface area contributed by atoms with Crippen molar-refractivity contribution >= 4 is 17.2 Å². The molecular formula is C11H11N3O2S. The summed E-state index contributed by atoms with van der Waals surface area (Å²) >= 11 is 1.27. The average Bonchev–Trinajstić information content (AvgIpc) is 2.78. The predicted molar refractivity (Wildman–Crippen MR) is 66.1 cm³/mol. The van der Waals surface area contributed by atoms with Gasteiger partial charge in [0.15, 0.2) is 0 Å². The molecule has 0 spiro atoms. The van der Waals surface area contributed by atoms with E-state index in [-0.39, 0.29) is 10.6 Å². The van der Waals surface area contributed by atoms with Crippen molar-refractivity contribution < 1.29 is 4.92 Å². The van der Waals surface area contributed by atoms with Crippen LogP contribution in [0.4, 0.5) is 5.69 Å². The lowest BCUT2D eigenvalue weighted by atomic mass is 10.1. The Bertz CT molecular complexity index is 566. The average molecular weight is 249 g/mol. The molecule has 1 aromatic heterocycles. The third-order valence-electron chi connectivity index (χ3n) is 2.44. The minimum Gasteiger partial charge on any atom is -0.258 e. The summed E-state index contributed by atoms with van der Waals surface area (Å²) in [7, 11) is 0. The quantitative estimate of drug-likeness (QED) is 0.619. The smallest absolute Gasteiger partial charge is 0.258 e. The van der Waals surface area contributed by atoms with Crippen molar-refractivity contribution in [3.8, 4) is 10.6 Å². The molecule has 0 saturated carbocycles. The number of nitro benzene ring substituents is 1. The number of aromatic nitrogens is 2. The molecule has 0 bridgehead atoms. The van der Waals surface area contributed by atoms with E-state index in [1.165, 1.54) is 11.5 Å². The van der Waals surface area contributed by atoms with Gasteiger partial charge in [-0.15, -0.1) is 0 Å². The molecular weight excluding hydrogens is 238 g/mol. The second kappa shape index (κ2) is 4.58. The first-order chi connectivity index (χ1) is 8.11. The van der Waals surface area contributed by atoms with Gasteiger partial charge in [-0.3, -0.25) is 10.1 Å². The van der Waals surface area contributed by atoms with Crippen LogP contribution in [0.15, 0.2) is 18.2 Å². The predicted octanol–water partition coefficient (Wildman–Crippen LogP) is 2.98. The van der Waals surface area contributed by atoms with E-state index < -0.39 is 0 Å². The van der Waals surface area contributed by atoms with Gasteiger partial charge in [-0.25, -0.2) is 4.98 Å². The molecule has 2 rings (SSSR count). The molecule has 0 radical (unpaired) electrons. The van der Waals surface area contributed by atoms with Crippen molar-refractivity contribution in [2.75, 3.05) is 0 Å². The molecule has 2 aromatic rings. The third kappa shape index (κ3) is 2.31. The fourth-order valence-electron chi connectivity index (χ4n) is 1.45. The Balaban J connectivity index is 2.46. The Hall–Kier alpha value is -1.82. The zero-order valence-electron chi connectivity index (χ0n) is 9.51. The van der Waals surface area contributed by atoms with Gasteiger partial charge in [0.1, 0.15) is 10.8 Å². The normalized spacial score (nSPS) is 10.5. The molecule has 0 atom stereocenters. The van der Waals surface area contributed by atoms with E-state index in [4.69, 9.17) is 0 Å². The van der Waals surface area contributed by atoms with Crippen LogP contribution in [-0.2, 0) is 6.42 Å². The van der Waals surface area contributed by atoms with E-state index in [0.29, 0.717) is 5.56 Å². The summed E-state index contributed by atoms with van der Waals surface area (Å²) in [4.78, 5) is 14.8. The van der Waals surface area contributed by atoms with Gasteiger partial charge in [0.05, 0.1) is 4.92 Å². The number of nitrogens with zero attached hydrogens (tertiary/aromatic N) is 3. The van der Waals surface area contributed by atoms with Crippen molar-refractivity contribution in [1.29, 1.82) is 0 Å². The molecule has 0 aliphatic rings. The van der Waals surface area contributed by atoms with Crippen LogP contribution >= 0.6 is 11.5 Å². The molecule has 0 aliphatic heterocycles. The first kappa shape index (κ1) is 11.7. The lowest BCUT2D eigenvalue weighted by Gasteiger charge is -1.99. The topological polar surface area (TPSA) is 68.9 Å². The van der Waals surface area contributed by atoms with Gasteiger partial charge in [-0.2, -0.15) is 4.37 Å². The Morgan fingerprint density at radius 3 is 2.82 bits per heavy atom. The molecule has 88 valence electrons. The zero-order valence-corrected chi connectivity index (χ0v) is 10.3.